The highest BCUT2D eigenvalue weighted by Gasteiger charge is 2.29. The van der Waals surface area contributed by atoms with Crippen molar-refractivity contribution in [1.82, 2.24) is 9.80 Å². The van der Waals surface area contributed by atoms with Gasteiger partial charge in [-0.05, 0) is 12.1 Å². The van der Waals surface area contributed by atoms with E-state index >= 15 is 0 Å². The zero-order valence-electron chi connectivity index (χ0n) is 11.4. The Bertz CT molecular complexity index is 497. The lowest BCUT2D eigenvalue weighted by Crippen LogP contribution is -2.49. The van der Waals surface area contributed by atoms with Gasteiger partial charge in [-0.1, -0.05) is 12.1 Å². The van der Waals surface area contributed by atoms with Crippen molar-refractivity contribution in [3.05, 3.63) is 29.8 Å². The molecule has 1 amide bonds. The fraction of sp³-hybridized carbons (Fsp3) is 0.500. The van der Waals surface area contributed by atoms with Gasteiger partial charge in [0, 0.05) is 32.7 Å². The molecule has 0 atom stereocenters. The highest BCUT2D eigenvalue weighted by atomic mass is 19.4. The number of hydrogen-bond donors (Lipinski definition) is 1. The Kier molecular flexibility index (Phi) is 4.72. The van der Waals surface area contributed by atoms with Crippen molar-refractivity contribution in [3.63, 3.8) is 0 Å². The van der Waals surface area contributed by atoms with Gasteiger partial charge in [0.1, 0.15) is 5.75 Å². The number of rotatable bonds is 3. The molecule has 1 fully saturated rings. The molecule has 0 unspecified atom stereocenters. The third kappa shape index (κ3) is 4.35. The average molecular weight is 302 g/mol. The van der Waals surface area contributed by atoms with Crippen LogP contribution in [0, 0.1) is 0 Å². The quantitative estimate of drug-likeness (QED) is 0.930. The number of piperazine rings is 1. The number of aromatic hydroxyl groups is 1. The van der Waals surface area contributed by atoms with E-state index in [1.807, 2.05) is 0 Å². The highest BCUT2D eigenvalue weighted by Crippen LogP contribution is 2.21. The second kappa shape index (κ2) is 6.34. The molecule has 0 aliphatic carbocycles. The molecule has 1 heterocycles. The van der Waals surface area contributed by atoms with Crippen LogP contribution < -0.4 is 0 Å². The molecule has 0 aromatic heterocycles. The first-order valence-corrected chi connectivity index (χ1v) is 6.73. The van der Waals surface area contributed by atoms with Gasteiger partial charge in [0.05, 0.1) is 12.0 Å². The Labute approximate surface area is 120 Å². The van der Waals surface area contributed by atoms with Crippen molar-refractivity contribution in [2.45, 2.75) is 12.6 Å². The van der Waals surface area contributed by atoms with Crippen LogP contribution in [0.25, 0.3) is 0 Å². The summed E-state index contributed by atoms with van der Waals surface area (Å²) in [6, 6.07) is 6.26. The molecule has 21 heavy (non-hydrogen) atoms. The third-order valence-corrected chi connectivity index (χ3v) is 3.51. The molecule has 1 saturated heterocycles. The van der Waals surface area contributed by atoms with Gasteiger partial charge in [-0.2, -0.15) is 13.2 Å². The first-order chi connectivity index (χ1) is 9.87. The van der Waals surface area contributed by atoms with Crippen LogP contribution in [0.4, 0.5) is 13.2 Å². The lowest BCUT2D eigenvalue weighted by molar-refractivity contribution is -0.138. The van der Waals surface area contributed by atoms with Crippen molar-refractivity contribution < 1.29 is 23.1 Å². The van der Waals surface area contributed by atoms with Crippen molar-refractivity contribution in [3.8, 4) is 5.75 Å². The predicted octanol–water partition coefficient (Wildman–Crippen LogP) is 2.10. The van der Waals surface area contributed by atoms with Crippen molar-refractivity contribution in [2.75, 3.05) is 32.7 Å². The van der Waals surface area contributed by atoms with Crippen LogP contribution >= 0.6 is 0 Å². The molecule has 1 aromatic carbocycles. The van der Waals surface area contributed by atoms with Gasteiger partial charge in [0.25, 0.3) is 5.91 Å². The zero-order valence-corrected chi connectivity index (χ0v) is 11.4. The number of amides is 1. The molecule has 7 heteroatoms. The number of halogens is 3. The second-order valence-electron chi connectivity index (χ2n) is 5.02. The van der Waals surface area contributed by atoms with E-state index in [-0.39, 0.29) is 23.8 Å². The molecule has 2 rings (SSSR count). The molecule has 4 nitrogen and oxygen atoms in total. The van der Waals surface area contributed by atoms with Gasteiger partial charge in [0.15, 0.2) is 0 Å². The molecule has 1 N–H and O–H groups in total. The molecule has 0 saturated carbocycles. The Morgan fingerprint density at radius 2 is 1.76 bits per heavy atom. The number of carbonyl (C=O) groups is 1. The molecule has 1 aliphatic heterocycles. The smallest absolute Gasteiger partial charge is 0.390 e. The minimum Gasteiger partial charge on any atom is -0.507 e. The van der Waals surface area contributed by atoms with E-state index in [4.69, 9.17) is 0 Å². The zero-order chi connectivity index (χ0) is 15.5. The standard InChI is InChI=1S/C14H17F3N2O2/c15-14(16,17)5-6-18-7-9-19(10-8-18)13(21)11-3-1-2-4-12(11)20/h1-4,20H,5-10H2. The molecule has 116 valence electrons. The maximum atomic E-state index is 12.2. The van der Waals surface area contributed by atoms with Gasteiger partial charge in [-0.3, -0.25) is 9.69 Å². The number of alkyl halides is 3. The van der Waals surface area contributed by atoms with E-state index in [0.717, 1.165) is 0 Å². The Morgan fingerprint density at radius 1 is 1.14 bits per heavy atom. The summed E-state index contributed by atoms with van der Waals surface area (Å²) in [6.07, 6.45) is -4.98. The summed E-state index contributed by atoms with van der Waals surface area (Å²) >= 11 is 0. The first-order valence-electron chi connectivity index (χ1n) is 6.73. The summed E-state index contributed by atoms with van der Waals surface area (Å²) in [4.78, 5) is 15.5. The SMILES string of the molecule is O=C(c1ccccc1O)N1CCN(CCC(F)(F)F)CC1. The maximum absolute atomic E-state index is 12.2. The molecule has 1 aliphatic rings. The van der Waals surface area contributed by atoms with Gasteiger partial charge in [0.2, 0.25) is 0 Å². The summed E-state index contributed by atoms with van der Waals surface area (Å²) in [7, 11) is 0. The minimum atomic E-state index is -4.15. The normalized spacial score (nSPS) is 17.0. The van der Waals surface area contributed by atoms with Crippen LogP contribution in [-0.2, 0) is 0 Å². The molecular weight excluding hydrogens is 285 g/mol. The summed E-state index contributed by atoms with van der Waals surface area (Å²) < 4.78 is 36.5. The highest BCUT2D eigenvalue weighted by molar-refractivity contribution is 5.96. The number of nitrogens with zero attached hydrogens (tertiary/aromatic N) is 2. The summed E-state index contributed by atoms with van der Waals surface area (Å²) in [5, 5.41) is 9.65. The van der Waals surface area contributed by atoms with Gasteiger partial charge >= 0.3 is 6.18 Å². The molecule has 1 aromatic rings. The number of carbonyl (C=O) groups excluding carboxylic acids is 1. The molecule has 0 bridgehead atoms. The molecule has 0 spiro atoms. The largest absolute Gasteiger partial charge is 0.507 e. The number of phenols is 1. The van der Waals surface area contributed by atoms with E-state index in [2.05, 4.69) is 0 Å². The van der Waals surface area contributed by atoms with Crippen molar-refractivity contribution in [2.24, 2.45) is 0 Å². The fourth-order valence-electron chi connectivity index (χ4n) is 2.28. The van der Waals surface area contributed by atoms with E-state index in [9.17, 15) is 23.1 Å². The second-order valence-corrected chi connectivity index (χ2v) is 5.02. The topological polar surface area (TPSA) is 43.8 Å². The molecular formula is C14H17F3N2O2. The number of para-hydroxylation sites is 1. The average Bonchev–Trinajstić information content (AvgIpc) is 2.45. The Hall–Kier alpha value is -1.76. The number of phenolic OH excluding ortho intramolecular Hbond substituents is 1. The van der Waals surface area contributed by atoms with Gasteiger partial charge in [-0.25, -0.2) is 0 Å². The lowest BCUT2D eigenvalue weighted by atomic mass is 10.1. The number of hydrogen-bond acceptors (Lipinski definition) is 3. The van der Waals surface area contributed by atoms with Crippen LogP contribution in [0.3, 0.4) is 0 Å². The van der Waals surface area contributed by atoms with Crippen LogP contribution in [0.5, 0.6) is 5.75 Å². The Morgan fingerprint density at radius 3 is 2.33 bits per heavy atom. The van der Waals surface area contributed by atoms with E-state index in [1.54, 1.807) is 21.9 Å². The maximum Gasteiger partial charge on any atom is 0.390 e. The summed E-state index contributed by atoms with van der Waals surface area (Å²) in [6.45, 7) is 1.52. The van der Waals surface area contributed by atoms with E-state index in [1.165, 1.54) is 12.1 Å². The first kappa shape index (κ1) is 15.6. The monoisotopic (exact) mass is 302 g/mol. The van der Waals surface area contributed by atoms with Crippen LogP contribution in [0.1, 0.15) is 16.8 Å². The van der Waals surface area contributed by atoms with Crippen LogP contribution in [0.2, 0.25) is 0 Å². The summed E-state index contributed by atoms with van der Waals surface area (Å²) in [5.41, 5.74) is 0.223. The predicted molar refractivity (Wildman–Crippen MR) is 71.1 cm³/mol. The third-order valence-electron chi connectivity index (χ3n) is 3.51. The summed E-state index contributed by atoms with van der Waals surface area (Å²) in [5.74, 6) is -0.370. The number of benzene rings is 1. The van der Waals surface area contributed by atoms with Crippen LogP contribution in [-0.4, -0.2) is 59.7 Å². The van der Waals surface area contributed by atoms with Crippen molar-refractivity contribution in [1.29, 1.82) is 0 Å². The van der Waals surface area contributed by atoms with Gasteiger partial charge < -0.3 is 10.0 Å². The lowest BCUT2D eigenvalue weighted by Gasteiger charge is -2.35. The van der Waals surface area contributed by atoms with Gasteiger partial charge in [-0.15, -0.1) is 0 Å². The van der Waals surface area contributed by atoms with E-state index in [0.29, 0.717) is 26.2 Å². The molecule has 0 radical (unpaired) electrons. The van der Waals surface area contributed by atoms with Crippen molar-refractivity contribution >= 4 is 5.91 Å². The van der Waals surface area contributed by atoms with E-state index < -0.39 is 12.6 Å². The Balaban J connectivity index is 1.87. The van der Waals surface area contributed by atoms with Crippen LogP contribution in [0.15, 0.2) is 24.3 Å². The minimum absolute atomic E-state index is 0.0396. The fourth-order valence-corrected chi connectivity index (χ4v) is 2.28.